The number of H-pyrrole nitrogens is 1. The van der Waals surface area contributed by atoms with Gasteiger partial charge in [-0.15, -0.1) is 0 Å². The zero-order chi connectivity index (χ0) is 19.9. The van der Waals surface area contributed by atoms with E-state index in [1.165, 1.54) is 6.92 Å². The summed E-state index contributed by atoms with van der Waals surface area (Å²) in [6.07, 6.45) is 1.77. The van der Waals surface area contributed by atoms with Crippen LogP contribution >= 0.6 is 0 Å². The van der Waals surface area contributed by atoms with Crippen molar-refractivity contribution in [3.63, 3.8) is 0 Å². The van der Waals surface area contributed by atoms with Crippen molar-refractivity contribution in [3.05, 3.63) is 65.5 Å². The molecule has 3 aromatic rings. The number of amides is 2. The zero-order valence-electron chi connectivity index (χ0n) is 16.3. The van der Waals surface area contributed by atoms with Crippen LogP contribution in [0.15, 0.2) is 48.5 Å². The highest BCUT2D eigenvalue weighted by Crippen LogP contribution is 2.17. The van der Waals surface area contributed by atoms with E-state index in [0.717, 1.165) is 40.8 Å². The molecule has 0 saturated carbocycles. The Hall–Kier alpha value is -3.15. The number of carbonyl (C=O) groups is 2. The molecule has 28 heavy (non-hydrogen) atoms. The second-order valence-electron chi connectivity index (χ2n) is 7.02. The topological polar surface area (TPSA) is 86.9 Å². The molecule has 6 heteroatoms. The number of para-hydroxylation sites is 2. The number of carbonyl (C=O) groups excluding carboxylic acids is 2. The molecule has 2 amide bonds. The number of aryl methyl sites for hydroxylation is 2. The lowest BCUT2D eigenvalue weighted by molar-refractivity contribution is -0.122. The Morgan fingerprint density at radius 2 is 1.86 bits per heavy atom. The third-order valence-electron chi connectivity index (χ3n) is 4.60. The normalized spacial score (nSPS) is 11.9. The van der Waals surface area contributed by atoms with Crippen LogP contribution in [0.4, 0.5) is 0 Å². The van der Waals surface area contributed by atoms with Crippen LogP contribution in [0.1, 0.15) is 42.8 Å². The summed E-state index contributed by atoms with van der Waals surface area (Å²) in [6.45, 7) is 4.04. The van der Waals surface area contributed by atoms with Crippen LogP contribution < -0.4 is 10.6 Å². The first-order valence-electron chi connectivity index (χ1n) is 9.55. The highest BCUT2D eigenvalue weighted by molar-refractivity contribution is 5.79. The SMILES string of the molecule is CC(=O)N[C@H](CC(=O)NCCCc1nc2ccccc2[nH]1)c1ccc(C)cc1. The molecule has 1 aromatic heterocycles. The maximum atomic E-state index is 12.3. The molecule has 0 aliphatic rings. The van der Waals surface area contributed by atoms with Gasteiger partial charge in [0.05, 0.1) is 23.5 Å². The van der Waals surface area contributed by atoms with E-state index >= 15 is 0 Å². The van der Waals surface area contributed by atoms with Crippen molar-refractivity contribution < 1.29 is 9.59 Å². The van der Waals surface area contributed by atoms with Gasteiger partial charge < -0.3 is 15.6 Å². The lowest BCUT2D eigenvalue weighted by Gasteiger charge is -2.18. The Labute approximate surface area is 164 Å². The van der Waals surface area contributed by atoms with Gasteiger partial charge in [0.25, 0.3) is 0 Å². The number of nitrogens with zero attached hydrogens (tertiary/aromatic N) is 1. The molecule has 3 N–H and O–H groups in total. The third-order valence-corrected chi connectivity index (χ3v) is 4.60. The molecule has 0 fully saturated rings. The van der Waals surface area contributed by atoms with Crippen LogP contribution in [-0.4, -0.2) is 28.3 Å². The zero-order valence-corrected chi connectivity index (χ0v) is 16.3. The van der Waals surface area contributed by atoms with Gasteiger partial charge in [0, 0.05) is 19.9 Å². The Balaban J connectivity index is 1.48. The monoisotopic (exact) mass is 378 g/mol. The van der Waals surface area contributed by atoms with E-state index in [0.29, 0.717) is 6.54 Å². The molecule has 0 spiro atoms. The first-order valence-corrected chi connectivity index (χ1v) is 9.55. The maximum Gasteiger partial charge on any atom is 0.222 e. The van der Waals surface area contributed by atoms with E-state index in [1.54, 1.807) is 0 Å². The first-order chi connectivity index (χ1) is 13.5. The van der Waals surface area contributed by atoms with Gasteiger partial charge in [-0.2, -0.15) is 0 Å². The van der Waals surface area contributed by atoms with Gasteiger partial charge >= 0.3 is 0 Å². The molecule has 0 aliphatic heterocycles. The van der Waals surface area contributed by atoms with Crippen LogP contribution in [0, 0.1) is 6.92 Å². The molecule has 1 heterocycles. The van der Waals surface area contributed by atoms with Gasteiger partial charge in [0.15, 0.2) is 0 Å². The second-order valence-corrected chi connectivity index (χ2v) is 7.02. The molecule has 0 unspecified atom stereocenters. The standard InChI is InChI=1S/C22H26N4O2/c1-15-9-11-17(12-10-15)20(24-16(2)27)14-22(28)23-13-5-8-21-25-18-6-3-4-7-19(18)26-21/h3-4,6-7,9-12,20H,5,8,13-14H2,1-2H3,(H,23,28)(H,24,27)(H,25,26)/t20-/m1/s1. The molecule has 6 nitrogen and oxygen atoms in total. The summed E-state index contributed by atoms with van der Waals surface area (Å²) in [4.78, 5) is 31.7. The fraction of sp³-hybridized carbons (Fsp3) is 0.318. The smallest absolute Gasteiger partial charge is 0.222 e. The van der Waals surface area contributed by atoms with Crippen molar-refractivity contribution in [3.8, 4) is 0 Å². The highest BCUT2D eigenvalue weighted by Gasteiger charge is 2.16. The van der Waals surface area contributed by atoms with E-state index in [2.05, 4.69) is 20.6 Å². The van der Waals surface area contributed by atoms with Crippen LogP contribution in [0.3, 0.4) is 0 Å². The van der Waals surface area contributed by atoms with Crippen molar-refractivity contribution in [2.45, 2.75) is 39.2 Å². The van der Waals surface area contributed by atoms with Crippen LogP contribution in [0.25, 0.3) is 11.0 Å². The number of imidazole rings is 1. The maximum absolute atomic E-state index is 12.3. The molecule has 0 saturated heterocycles. The van der Waals surface area contributed by atoms with Crippen molar-refractivity contribution >= 4 is 22.8 Å². The number of rotatable bonds is 8. The van der Waals surface area contributed by atoms with Crippen molar-refractivity contribution in [2.24, 2.45) is 0 Å². The van der Waals surface area contributed by atoms with Crippen molar-refractivity contribution in [2.75, 3.05) is 6.54 Å². The molecule has 3 rings (SSSR count). The van der Waals surface area contributed by atoms with Gasteiger partial charge in [0.1, 0.15) is 5.82 Å². The van der Waals surface area contributed by atoms with Gasteiger partial charge in [-0.1, -0.05) is 42.0 Å². The van der Waals surface area contributed by atoms with Crippen LogP contribution in [0.5, 0.6) is 0 Å². The first kappa shape index (κ1) is 19.6. The van der Waals surface area contributed by atoms with Gasteiger partial charge in [0.2, 0.25) is 11.8 Å². The number of fused-ring (bicyclic) bond motifs is 1. The summed E-state index contributed by atoms with van der Waals surface area (Å²) in [5, 5.41) is 5.80. The Bertz CT molecular complexity index is 914. The number of hydrogen-bond acceptors (Lipinski definition) is 3. The van der Waals surface area contributed by atoms with Crippen LogP contribution in [0.2, 0.25) is 0 Å². The largest absolute Gasteiger partial charge is 0.356 e. The highest BCUT2D eigenvalue weighted by atomic mass is 16.2. The summed E-state index contributed by atoms with van der Waals surface area (Å²) in [6, 6.07) is 15.5. The average molecular weight is 378 g/mol. The van der Waals surface area contributed by atoms with Gasteiger partial charge in [-0.05, 0) is 31.0 Å². The lowest BCUT2D eigenvalue weighted by atomic mass is 10.0. The fourth-order valence-electron chi connectivity index (χ4n) is 3.16. The Kier molecular flexibility index (Phi) is 6.42. The molecular weight excluding hydrogens is 352 g/mol. The second kappa shape index (κ2) is 9.17. The number of hydrogen-bond donors (Lipinski definition) is 3. The summed E-state index contributed by atoms with van der Waals surface area (Å²) in [7, 11) is 0. The van der Waals surface area contributed by atoms with Crippen LogP contribution in [-0.2, 0) is 16.0 Å². The van der Waals surface area contributed by atoms with E-state index in [9.17, 15) is 9.59 Å². The molecule has 1 atom stereocenters. The summed E-state index contributed by atoms with van der Waals surface area (Å²) >= 11 is 0. The Morgan fingerprint density at radius 1 is 1.11 bits per heavy atom. The summed E-state index contributed by atoms with van der Waals surface area (Å²) in [5.74, 6) is 0.693. The summed E-state index contributed by atoms with van der Waals surface area (Å²) < 4.78 is 0. The molecule has 0 aliphatic carbocycles. The number of nitrogens with one attached hydrogen (secondary N) is 3. The summed E-state index contributed by atoms with van der Waals surface area (Å²) in [5.41, 5.74) is 4.05. The number of benzene rings is 2. The van der Waals surface area contributed by atoms with E-state index in [4.69, 9.17) is 0 Å². The molecule has 0 radical (unpaired) electrons. The molecule has 0 bridgehead atoms. The van der Waals surface area contributed by atoms with E-state index < -0.39 is 0 Å². The molecular formula is C22H26N4O2. The minimum absolute atomic E-state index is 0.0797. The predicted octanol–water partition coefficient (Wildman–Crippen LogP) is 3.19. The van der Waals surface area contributed by atoms with E-state index in [1.807, 2.05) is 55.5 Å². The minimum atomic E-state index is -0.325. The lowest BCUT2D eigenvalue weighted by Crippen LogP contribution is -2.33. The number of aromatic nitrogens is 2. The predicted molar refractivity (Wildman–Crippen MR) is 110 cm³/mol. The van der Waals surface area contributed by atoms with Crippen molar-refractivity contribution in [1.29, 1.82) is 0 Å². The van der Waals surface area contributed by atoms with E-state index in [-0.39, 0.29) is 24.3 Å². The van der Waals surface area contributed by atoms with Gasteiger partial charge in [-0.25, -0.2) is 4.98 Å². The van der Waals surface area contributed by atoms with Crippen molar-refractivity contribution in [1.82, 2.24) is 20.6 Å². The fourth-order valence-corrected chi connectivity index (χ4v) is 3.16. The quantitative estimate of drug-likeness (QED) is 0.526. The molecule has 2 aromatic carbocycles. The Morgan fingerprint density at radius 3 is 2.57 bits per heavy atom. The average Bonchev–Trinajstić information content (AvgIpc) is 3.08. The third kappa shape index (κ3) is 5.42. The minimum Gasteiger partial charge on any atom is -0.356 e. The van der Waals surface area contributed by atoms with Gasteiger partial charge in [-0.3, -0.25) is 9.59 Å². The molecule has 146 valence electrons. The number of aromatic amines is 1.